The first kappa shape index (κ1) is 20.5. The molecule has 10 heteroatoms. The number of halogens is 5. The summed E-state index contributed by atoms with van der Waals surface area (Å²) in [6.07, 6.45) is -1.76. The van der Waals surface area contributed by atoms with E-state index >= 15 is 0 Å². The van der Waals surface area contributed by atoms with E-state index in [4.69, 9.17) is 0 Å². The first-order chi connectivity index (χ1) is 14.1. The van der Waals surface area contributed by atoms with Crippen LogP contribution in [0.4, 0.5) is 27.8 Å². The Balaban J connectivity index is 1.75. The zero-order valence-electron chi connectivity index (χ0n) is 15.9. The molecule has 0 spiro atoms. The number of hydrogen-bond donors (Lipinski definition) is 2. The highest BCUT2D eigenvalue weighted by Gasteiger charge is 2.51. The number of aromatic nitrogens is 3. The Morgan fingerprint density at radius 2 is 1.97 bits per heavy atom. The van der Waals surface area contributed by atoms with Crippen LogP contribution < -0.4 is 5.32 Å². The lowest BCUT2D eigenvalue weighted by Crippen LogP contribution is -2.39. The van der Waals surface area contributed by atoms with Gasteiger partial charge < -0.3 is 10.4 Å². The van der Waals surface area contributed by atoms with E-state index in [1.807, 2.05) is 0 Å². The molecular formula is C20H19F5N4O. The van der Waals surface area contributed by atoms with Gasteiger partial charge in [-0.15, -0.1) is 0 Å². The molecule has 0 unspecified atom stereocenters. The molecule has 0 amide bonds. The smallest absolute Gasteiger partial charge is 0.376 e. The largest absolute Gasteiger partial charge is 0.421 e. The molecule has 5 nitrogen and oxygen atoms in total. The fourth-order valence-corrected chi connectivity index (χ4v) is 3.59. The first-order valence-corrected chi connectivity index (χ1v) is 9.41. The topological polar surface area (TPSA) is 62.5 Å². The molecular weight excluding hydrogens is 407 g/mol. The van der Waals surface area contributed by atoms with Gasteiger partial charge in [0.15, 0.2) is 5.60 Å². The number of anilines is 1. The fourth-order valence-electron chi connectivity index (χ4n) is 3.59. The third-order valence-corrected chi connectivity index (χ3v) is 5.44. The predicted octanol–water partition coefficient (Wildman–Crippen LogP) is 4.61. The second kappa shape index (κ2) is 7.19. The standard InChI is InChI=1S/C20H19F5N4O/c1-19(30,20(23,24)25)11-5-6-18-26-9-16(29(18)10-11)15-7-12(21)8-17(28-15)27-14-4-2-3-13(14)22/h5-10,13-14,30H,2-4H2,1H3,(H,27,28)/t13-,14-,19-/m0/s1. The third-order valence-electron chi connectivity index (χ3n) is 5.44. The summed E-state index contributed by atoms with van der Waals surface area (Å²) in [5.74, 6) is -0.503. The van der Waals surface area contributed by atoms with Gasteiger partial charge in [-0.2, -0.15) is 13.2 Å². The van der Waals surface area contributed by atoms with Crippen molar-refractivity contribution in [2.45, 2.75) is 50.2 Å². The molecule has 30 heavy (non-hydrogen) atoms. The van der Waals surface area contributed by atoms with Crippen LogP contribution in [0.2, 0.25) is 0 Å². The Morgan fingerprint density at radius 1 is 1.20 bits per heavy atom. The van der Waals surface area contributed by atoms with Crippen molar-refractivity contribution in [1.29, 1.82) is 0 Å². The maximum Gasteiger partial charge on any atom is 0.421 e. The van der Waals surface area contributed by atoms with Crippen molar-refractivity contribution >= 4 is 11.5 Å². The molecule has 160 valence electrons. The molecule has 1 saturated carbocycles. The van der Waals surface area contributed by atoms with Crippen LogP contribution in [0.15, 0.2) is 36.7 Å². The number of hydrogen-bond acceptors (Lipinski definition) is 4. The maximum absolute atomic E-state index is 14.2. The van der Waals surface area contributed by atoms with Gasteiger partial charge in [0.05, 0.1) is 23.6 Å². The molecule has 0 aliphatic heterocycles. The van der Waals surface area contributed by atoms with Crippen molar-refractivity contribution < 1.29 is 27.1 Å². The van der Waals surface area contributed by atoms with E-state index in [2.05, 4.69) is 15.3 Å². The molecule has 3 aromatic rings. The lowest BCUT2D eigenvalue weighted by atomic mass is 9.97. The summed E-state index contributed by atoms with van der Waals surface area (Å²) in [4.78, 5) is 8.41. The van der Waals surface area contributed by atoms with Crippen LogP contribution in [0, 0.1) is 5.82 Å². The molecule has 1 aliphatic carbocycles. The Kier molecular flexibility index (Phi) is 4.92. The summed E-state index contributed by atoms with van der Waals surface area (Å²) in [6, 6.07) is 4.24. The number of nitrogens with one attached hydrogen (secondary N) is 1. The normalized spacial score (nSPS) is 21.7. The van der Waals surface area contributed by atoms with Gasteiger partial charge in [-0.25, -0.2) is 18.7 Å². The molecule has 1 aliphatic rings. The summed E-state index contributed by atoms with van der Waals surface area (Å²) >= 11 is 0. The number of fused-ring (bicyclic) bond motifs is 1. The van der Waals surface area contributed by atoms with Crippen molar-refractivity contribution in [3.63, 3.8) is 0 Å². The first-order valence-electron chi connectivity index (χ1n) is 9.41. The van der Waals surface area contributed by atoms with Crippen LogP contribution >= 0.6 is 0 Å². The number of pyridine rings is 2. The molecule has 3 heterocycles. The monoisotopic (exact) mass is 426 g/mol. The maximum atomic E-state index is 14.2. The summed E-state index contributed by atoms with van der Waals surface area (Å²) in [7, 11) is 0. The lowest BCUT2D eigenvalue weighted by Gasteiger charge is -2.26. The van der Waals surface area contributed by atoms with E-state index in [0.29, 0.717) is 25.4 Å². The number of imidazole rings is 1. The van der Waals surface area contributed by atoms with Gasteiger partial charge in [0, 0.05) is 23.9 Å². The Bertz CT molecular complexity index is 1080. The zero-order chi connectivity index (χ0) is 21.7. The van der Waals surface area contributed by atoms with Crippen molar-refractivity contribution in [1.82, 2.24) is 14.4 Å². The van der Waals surface area contributed by atoms with Crippen molar-refractivity contribution in [3.8, 4) is 11.4 Å². The van der Waals surface area contributed by atoms with Crippen molar-refractivity contribution in [3.05, 3.63) is 48.0 Å². The van der Waals surface area contributed by atoms with E-state index in [0.717, 1.165) is 30.8 Å². The molecule has 4 rings (SSSR count). The summed E-state index contributed by atoms with van der Waals surface area (Å²) in [6.45, 7) is 0.655. The number of alkyl halides is 4. The summed E-state index contributed by atoms with van der Waals surface area (Å²) in [5, 5.41) is 12.9. The predicted molar refractivity (Wildman–Crippen MR) is 100 cm³/mol. The van der Waals surface area contributed by atoms with Gasteiger partial charge in [0.1, 0.15) is 23.5 Å². The minimum absolute atomic E-state index is 0.113. The van der Waals surface area contributed by atoms with Crippen LogP contribution in [-0.4, -0.2) is 37.9 Å². The second-order valence-electron chi connectivity index (χ2n) is 7.61. The van der Waals surface area contributed by atoms with Crippen molar-refractivity contribution in [2.24, 2.45) is 0 Å². The van der Waals surface area contributed by atoms with Gasteiger partial charge in [-0.1, -0.05) is 6.07 Å². The zero-order valence-corrected chi connectivity index (χ0v) is 15.9. The summed E-state index contributed by atoms with van der Waals surface area (Å²) in [5.41, 5.74) is -2.84. The van der Waals surface area contributed by atoms with E-state index < -0.39 is 35.4 Å². The van der Waals surface area contributed by atoms with Crippen LogP contribution in [0.25, 0.3) is 17.0 Å². The molecule has 1 fully saturated rings. The van der Waals surface area contributed by atoms with Gasteiger partial charge in [-0.05, 0) is 32.3 Å². The average Bonchev–Trinajstić information content (AvgIpc) is 3.26. The van der Waals surface area contributed by atoms with E-state index in [-0.39, 0.29) is 17.2 Å². The molecule has 3 atom stereocenters. The third kappa shape index (κ3) is 3.60. The highest BCUT2D eigenvalue weighted by molar-refractivity contribution is 5.62. The molecule has 0 radical (unpaired) electrons. The van der Waals surface area contributed by atoms with Gasteiger partial charge >= 0.3 is 6.18 Å². The Morgan fingerprint density at radius 3 is 2.63 bits per heavy atom. The molecule has 2 N–H and O–H groups in total. The van der Waals surface area contributed by atoms with Crippen LogP contribution in [0.1, 0.15) is 31.7 Å². The second-order valence-corrected chi connectivity index (χ2v) is 7.61. The van der Waals surface area contributed by atoms with Crippen LogP contribution in [-0.2, 0) is 5.60 Å². The lowest BCUT2D eigenvalue weighted by molar-refractivity contribution is -0.259. The quantitative estimate of drug-likeness (QED) is 0.599. The highest BCUT2D eigenvalue weighted by Crippen LogP contribution is 2.38. The van der Waals surface area contributed by atoms with E-state index in [9.17, 15) is 27.1 Å². The number of rotatable bonds is 4. The number of aliphatic hydroxyl groups is 1. The molecule has 0 aromatic carbocycles. The Labute approximate surface area is 168 Å². The average molecular weight is 426 g/mol. The van der Waals surface area contributed by atoms with Crippen molar-refractivity contribution in [2.75, 3.05) is 5.32 Å². The highest BCUT2D eigenvalue weighted by atomic mass is 19.4. The van der Waals surface area contributed by atoms with Crippen LogP contribution in [0.3, 0.4) is 0 Å². The van der Waals surface area contributed by atoms with Gasteiger partial charge in [0.2, 0.25) is 0 Å². The Hall–Kier alpha value is -2.75. The fraction of sp³-hybridized carbons (Fsp3) is 0.400. The number of nitrogens with zero attached hydrogens (tertiary/aromatic N) is 3. The minimum Gasteiger partial charge on any atom is -0.376 e. The van der Waals surface area contributed by atoms with E-state index in [1.54, 1.807) is 0 Å². The molecule has 0 bridgehead atoms. The molecule has 3 aromatic heterocycles. The van der Waals surface area contributed by atoms with E-state index in [1.165, 1.54) is 16.7 Å². The SMILES string of the molecule is C[C@](O)(c1ccc2ncc(-c3cc(F)cc(N[C@H]4CCC[C@@H]4F)n3)n2c1)C(F)(F)F. The minimum atomic E-state index is -4.89. The van der Waals surface area contributed by atoms with Gasteiger partial charge in [-0.3, -0.25) is 4.40 Å². The molecule has 0 saturated heterocycles. The summed E-state index contributed by atoms with van der Waals surface area (Å²) < 4.78 is 69.1. The van der Waals surface area contributed by atoms with Gasteiger partial charge in [0.25, 0.3) is 0 Å². The van der Waals surface area contributed by atoms with Crippen LogP contribution in [0.5, 0.6) is 0 Å².